The van der Waals surface area contributed by atoms with E-state index in [2.05, 4.69) is 6.07 Å². The summed E-state index contributed by atoms with van der Waals surface area (Å²) in [7, 11) is 0. The zero-order valence-electron chi connectivity index (χ0n) is 8.91. The fourth-order valence-electron chi connectivity index (χ4n) is 1.42. The van der Waals surface area contributed by atoms with E-state index in [-0.39, 0.29) is 18.0 Å². The average Bonchev–Trinajstić information content (AvgIpc) is 2.32. The van der Waals surface area contributed by atoms with Crippen molar-refractivity contribution in [2.24, 2.45) is 5.73 Å². The lowest BCUT2D eigenvalue weighted by Gasteiger charge is -2.10. The molecule has 2 aromatic rings. The smallest absolute Gasteiger partial charge is 0.173 e. The third kappa shape index (κ3) is 2.60. The Kier molecular flexibility index (Phi) is 3.35. The van der Waals surface area contributed by atoms with Crippen molar-refractivity contribution in [3.63, 3.8) is 0 Å². The first kappa shape index (κ1) is 11.5. The van der Waals surface area contributed by atoms with Gasteiger partial charge in [0.15, 0.2) is 11.6 Å². The summed E-state index contributed by atoms with van der Waals surface area (Å²) in [5.41, 5.74) is 5.97. The number of hydrogen-bond acceptors (Lipinski definition) is 2. The molecule has 0 bridgehead atoms. The number of rotatable bonds is 3. The van der Waals surface area contributed by atoms with Gasteiger partial charge in [0.05, 0.1) is 0 Å². The molecule has 2 N–H and O–H groups in total. The van der Waals surface area contributed by atoms with E-state index in [0.29, 0.717) is 5.56 Å². The fourth-order valence-corrected chi connectivity index (χ4v) is 1.42. The standard InChI is InChI=1S/C13H10F2NO/c14-10-4-2-5-11(7-10)17-13-9(8-16)3-1-6-12(13)15/h1-5,7H,8,16H2. The molecular weight excluding hydrogens is 224 g/mol. The molecule has 0 aliphatic heterocycles. The molecule has 0 atom stereocenters. The molecule has 2 aromatic carbocycles. The lowest BCUT2D eigenvalue weighted by Crippen LogP contribution is -2.01. The van der Waals surface area contributed by atoms with Crippen LogP contribution in [0, 0.1) is 17.7 Å². The summed E-state index contributed by atoms with van der Waals surface area (Å²) < 4.78 is 31.7. The predicted molar refractivity (Wildman–Crippen MR) is 59.6 cm³/mol. The highest BCUT2D eigenvalue weighted by Crippen LogP contribution is 2.28. The Bertz CT molecular complexity index is 529. The Morgan fingerprint density at radius 3 is 2.76 bits per heavy atom. The molecule has 0 aromatic heterocycles. The topological polar surface area (TPSA) is 35.2 Å². The SMILES string of the molecule is NCc1cc[c]c(F)c1Oc1cccc(F)c1. The summed E-state index contributed by atoms with van der Waals surface area (Å²) in [5.74, 6) is -0.881. The summed E-state index contributed by atoms with van der Waals surface area (Å²) in [6.07, 6.45) is 0. The van der Waals surface area contributed by atoms with Crippen molar-refractivity contribution in [2.75, 3.05) is 0 Å². The minimum atomic E-state index is -0.641. The number of nitrogens with two attached hydrogens (primary N) is 1. The number of halogens is 2. The van der Waals surface area contributed by atoms with Crippen LogP contribution in [0.25, 0.3) is 0 Å². The monoisotopic (exact) mass is 234 g/mol. The maximum Gasteiger partial charge on any atom is 0.173 e. The minimum Gasteiger partial charge on any atom is -0.454 e. The van der Waals surface area contributed by atoms with Gasteiger partial charge >= 0.3 is 0 Å². The normalized spacial score (nSPS) is 10.3. The van der Waals surface area contributed by atoms with Gasteiger partial charge in [-0.15, -0.1) is 0 Å². The molecule has 1 radical (unpaired) electrons. The van der Waals surface area contributed by atoms with Crippen LogP contribution in [0.3, 0.4) is 0 Å². The minimum absolute atomic E-state index is 0.0133. The van der Waals surface area contributed by atoms with E-state index in [9.17, 15) is 8.78 Å². The Labute approximate surface area is 97.6 Å². The van der Waals surface area contributed by atoms with E-state index < -0.39 is 11.6 Å². The van der Waals surface area contributed by atoms with Crippen LogP contribution in [0.1, 0.15) is 5.56 Å². The largest absolute Gasteiger partial charge is 0.454 e. The predicted octanol–water partition coefficient (Wildman–Crippen LogP) is 3.02. The Balaban J connectivity index is 2.35. The van der Waals surface area contributed by atoms with E-state index in [1.807, 2.05) is 0 Å². The molecule has 4 heteroatoms. The molecule has 2 rings (SSSR count). The molecule has 0 unspecified atom stereocenters. The molecule has 2 nitrogen and oxygen atoms in total. The molecular formula is C13H10F2NO. The molecule has 0 fully saturated rings. The van der Waals surface area contributed by atoms with Crippen molar-refractivity contribution >= 4 is 0 Å². The van der Waals surface area contributed by atoms with Gasteiger partial charge in [0.25, 0.3) is 0 Å². The first-order valence-electron chi connectivity index (χ1n) is 5.03. The Morgan fingerprint density at radius 2 is 2.06 bits per heavy atom. The van der Waals surface area contributed by atoms with Crippen LogP contribution in [-0.4, -0.2) is 0 Å². The van der Waals surface area contributed by atoms with Crippen molar-refractivity contribution < 1.29 is 13.5 Å². The molecule has 0 amide bonds. The van der Waals surface area contributed by atoms with Gasteiger partial charge in [0.2, 0.25) is 0 Å². The van der Waals surface area contributed by atoms with Gasteiger partial charge in [-0.25, -0.2) is 8.78 Å². The summed E-state index contributed by atoms with van der Waals surface area (Å²) in [6, 6.07) is 10.9. The van der Waals surface area contributed by atoms with E-state index >= 15 is 0 Å². The van der Waals surface area contributed by atoms with Gasteiger partial charge < -0.3 is 10.5 Å². The molecule has 0 aliphatic carbocycles. The summed E-state index contributed by atoms with van der Waals surface area (Å²) in [6.45, 7) is 0.135. The van der Waals surface area contributed by atoms with E-state index in [0.717, 1.165) is 0 Å². The Hall–Kier alpha value is -1.94. The molecule has 87 valence electrons. The van der Waals surface area contributed by atoms with Gasteiger partial charge in [-0.05, 0) is 12.1 Å². The average molecular weight is 234 g/mol. The maximum absolute atomic E-state index is 13.5. The van der Waals surface area contributed by atoms with Crippen molar-refractivity contribution in [3.8, 4) is 11.5 Å². The molecule has 17 heavy (non-hydrogen) atoms. The highest BCUT2D eigenvalue weighted by atomic mass is 19.1. The highest BCUT2D eigenvalue weighted by molar-refractivity contribution is 5.38. The second-order valence-electron chi connectivity index (χ2n) is 3.41. The lowest BCUT2D eigenvalue weighted by atomic mass is 10.2. The number of ether oxygens (including phenoxy) is 1. The van der Waals surface area contributed by atoms with Crippen molar-refractivity contribution in [1.82, 2.24) is 0 Å². The zero-order chi connectivity index (χ0) is 12.3. The van der Waals surface area contributed by atoms with Gasteiger partial charge in [-0.2, -0.15) is 0 Å². The van der Waals surface area contributed by atoms with Crippen LogP contribution in [0.2, 0.25) is 0 Å². The molecule has 0 spiro atoms. The van der Waals surface area contributed by atoms with Crippen molar-refractivity contribution in [2.45, 2.75) is 6.54 Å². The second kappa shape index (κ2) is 4.93. The van der Waals surface area contributed by atoms with Gasteiger partial charge in [0.1, 0.15) is 11.6 Å². The lowest BCUT2D eigenvalue weighted by molar-refractivity contribution is 0.432. The summed E-state index contributed by atoms with van der Waals surface area (Å²) in [5, 5.41) is 0. The van der Waals surface area contributed by atoms with Crippen LogP contribution in [0.15, 0.2) is 36.4 Å². The first-order valence-corrected chi connectivity index (χ1v) is 5.03. The van der Waals surface area contributed by atoms with Crippen molar-refractivity contribution in [1.29, 1.82) is 0 Å². The second-order valence-corrected chi connectivity index (χ2v) is 3.41. The number of hydrogen-bond donors (Lipinski definition) is 1. The summed E-state index contributed by atoms with van der Waals surface area (Å²) >= 11 is 0. The summed E-state index contributed by atoms with van der Waals surface area (Å²) in [4.78, 5) is 0. The third-order valence-electron chi connectivity index (χ3n) is 2.22. The first-order chi connectivity index (χ1) is 8.20. The Morgan fingerprint density at radius 1 is 1.24 bits per heavy atom. The van der Waals surface area contributed by atoms with Crippen LogP contribution in [0.4, 0.5) is 8.78 Å². The fraction of sp³-hybridized carbons (Fsp3) is 0.0769. The van der Waals surface area contributed by atoms with E-state index in [1.165, 1.54) is 30.3 Å². The van der Waals surface area contributed by atoms with Gasteiger partial charge in [-0.1, -0.05) is 18.2 Å². The van der Waals surface area contributed by atoms with Crippen LogP contribution in [-0.2, 0) is 6.54 Å². The van der Waals surface area contributed by atoms with Crippen LogP contribution < -0.4 is 10.5 Å². The van der Waals surface area contributed by atoms with E-state index in [4.69, 9.17) is 10.5 Å². The molecule has 0 saturated heterocycles. The number of benzene rings is 2. The molecule has 0 aliphatic rings. The van der Waals surface area contributed by atoms with Crippen molar-refractivity contribution in [3.05, 3.63) is 59.7 Å². The van der Waals surface area contributed by atoms with Crippen LogP contribution in [0.5, 0.6) is 11.5 Å². The van der Waals surface area contributed by atoms with E-state index in [1.54, 1.807) is 6.07 Å². The maximum atomic E-state index is 13.5. The quantitative estimate of drug-likeness (QED) is 0.885. The zero-order valence-corrected chi connectivity index (χ0v) is 8.91. The van der Waals surface area contributed by atoms with Gasteiger partial charge in [-0.3, -0.25) is 0 Å². The molecule has 0 saturated carbocycles. The van der Waals surface area contributed by atoms with Crippen LogP contribution >= 0.6 is 0 Å². The van der Waals surface area contributed by atoms with Gasteiger partial charge in [0, 0.05) is 24.2 Å². The third-order valence-corrected chi connectivity index (χ3v) is 2.22. The highest BCUT2D eigenvalue weighted by Gasteiger charge is 2.10. The molecule has 0 heterocycles.